The van der Waals surface area contributed by atoms with Gasteiger partial charge in [0, 0.05) is 24.1 Å². The Morgan fingerprint density at radius 3 is 2.24 bits per heavy atom. The van der Waals surface area contributed by atoms with Crippen molar-refractivity contribution < 1.29 is 32.3 Å². The maximum absolute atomic E-state index is 13.5. The van der Waals surface area contributed by atoms with Gasteiger partial charge in [-0.05, 0) is 79.4 Å². The Balaban J connectivity index is 1.55. The lowest BCUT2D eigenvalue weighted by Gasteiger charge is -2.12. The average Bonchev–Trinajstić information content (AvgIpc) is 2.89. The van der Waals surface area contributed by atoms with E-state index >= 15 is 0 Å². The van der Waals surface area contributed by atoms with Gasteiger partial charge in [-0.2, -0.15) is 13.2 Å². The molecule has 0 aliphatic carbocycles. The minimum atomic E-state index is -4.43. The van der Waals surface area contributed by atoms with Gasteiger partial charge in [0.05, 0.1) is 28.0 Å². The summed E-state index contributed by atoms with van der Waals surface area (Å²) in [4.78, 5) is 33.0. The highest BCUT2D eigenvalue weighted by Crippen LogP contribution is 2.29. The topological polar surface area (TPSA) is 92.2 Å². The number of carbonyl (C=O) groups is 2. The summed E-state index contributed by atoms with van der Waals surface area (Å²) in [5, 5.41) is 11.6. The molecule has 1 heterocycles. The van der Waals surface area contributed by atoms with Crippen LogP contribution in [0, 0.1) is 5.82 Å². The summed E-state index contributed by atoms with van der Waals surface area (Å²) in [7, 11) is 0. The maximum Gasteiger partial charge on any atom is 0.416 e. The monoisotopic (exact) mass is 525 g/mol. The molecule has 38 heavy (non-hydrogen) atoms. The molecule has 0 aliphatic heterocycles. The predicted molar refractivity (Wildman–Crippen MR) is 133 cm³/mol. The standard InChI is InChI=1S/C28H23F4N3O3/c29-21-12-7-18(8-13-21)26-23(3-1-2-4-25(36)37)34-24-15-19(9-14-22(24)35-26)27(38)33-16-17-5-10-20(11-6-17)28(30,31)32/h5-15H,1-4,16H2,(H,33,38)(H,36,37). The molecule has 10 heteroatoms. The third-order valence-electron chi connectivity index (χ3n) is 5.90. The number of nitrogens with one attached hydrogen (secondary N) is 1. The molecule has 0 radical (unpaired) electrons. The number of aryl methyl sites for hydroxylation is 1. The Hall–Kier alpha value is -4.34. The van der Waals surface area contributed by atoms with Crippen molar-refractivity contribution in [2.75, 3.05) is 0 Å². The zero-order valence-electron chi connectivity index (χ0n) is 20.1. The van der Waals surface area contributed by atoms with Gasteiger partial charge in [0.25, 0.3) is 5.91 Å². The van der Waals surface area contributed by atoms with Gasteiger partial charge < -0.3 is 10.4 Å². The minimum Gasteiger partial charge on any atom is -0.481 e. The van der Waals surface area contributed by atoms with Gasteiger partial charge in [-0.15, -0.1) is 0 Å². The number of carbonyl (C=O) groups excluding carboxylic acids is 1. The number of alkyl halides is 3. The molecule has 2 N–H and O–H groups in total. The Labute approximate surface area is 215 Å². The number of rotatable bonds is 9. The van der Waals surface area contributed by atoms with E-state index in [9.17, 15) is 27.2 Å². The zero-order chi connectivity index (χ0) is 27.3. The molecule has 1 amide bonds. The number of aliphatic carboxylic acids is 1. The lowest BCUT2D eigenvalue weighted by molar-refractivity contribution is -0.138. The number of fused-ring (bicyclic) bond motifs is 1. The van der Waals surface area contributed by atoms with Crippen molar-refractivity contribution in [3.8, 4) is 11.3 Å². The fraction of sp³-hybridized carbons (Fsp3) is 0.214. The predicted octanol–water partition coefficient (Wildman–Crippen LogP) is 6.18. The number of unbranched alkanes of at least 4 members (excludes halogenated alkanes) is 1. The number of halogens is 4. The molecule has 4 rings (SSSR count). The van der Waals surface area contributed by atoms with Crippen LogP contribution in [0.5, 0.6) is 0 Å². The van der Waals surface area contributed by atoms with Crippen LogP contribution in [0.15, 0.2) is 66.7 Å². The highest BCUT2D eigenvalue weighted by molar-refractivity contribution is 5.97. The van der Waals surface area contributed by atoms with Crippen molar-refractivity contribution in [3.63, 3.8) is 0 Å². The van der Waals surface area contributed by atoms with Crippen LogP contribution >= 0.6 is 0 Å². The average molecular weight is 526 g/mol. The summed E-state index contributed by atoms with van der Waals surface area (Å²) in [6.45, 7) is 0.0407. The van der Waals surface area contributed by atoms with E-state index in [2.05, 4.69) is 10.3 Å². The van der Waals surface area contributed by atoms with E-state index in [0.717, 1.165) is 12.1 Å². The Morgan fingerprint density at radius 2 is 1.58 bits per heavy atom. The molecular weight excluding hydrogens is 502 g/mol. The Kier molecular flexibility index (Phi) is 7.99. The first-order chi connectivity index (χ1) is 18.1. The van der Waals surface area contributed by atoms with Crippen molar-refractivity contribution in [3.05, 3.63) is 94.9 Å². The van der Waals surface area contributed by atoms with Crippen LogP contribution in [-0.2, 0) is 23.9 Å². The third kappa shape index (κ3) is 6.70. The van der Waals surface area contributed by atoms with Crippen LogP contribution in [0.2, 0.25) is 0 Å². The Morgan fingerprint density at radius 1 is 0.868 bits per heavy atom. The van der Waals surface area contributed by atoms with Gasteiger partial charge in [-0.25, -0.2) is 14.4 Å². The van der Waals surface area contributed by atoms with Gasteiger partial charge in [0.15, 0.2) is 0 Å². The molecule has 0 fully saturated rings. The first-order valence-corrected chi connectivity index (χ1v) is 11.8. The van der Waals surface area contributed by atoms with E-state index < -0.39 is 29.4 Å². The number of carboxylic acids is 1. The van der Waals surface area contributed by atoms with Crippen LogP contribution in [-0.4, -0.2) is 27.0 Å². The van der Waals surface area contributed by atoms with Crippen LogP contribution in [0.25, 0.3) is 22.3 Å². The van der Waals surface area contributed by atoms with Gasteiger partial charge in [0.2, 0.25) is 0 Å². The van der Waals surface area contributed by atoms with E-state index in [0.29, 0.717) is 58.4 Å². The van der Waals surface area contributed by atoms with Gasteiger partial charge in [-0.3, -0.25) is 9.59 Å². The van der Waals surface area contributed by atoms with Gasteiger partial charge in [0.1, 0.15) is 5.82 Å². The molecule has 6 nitrogen and oxygen atoms in total. The molecule has 0 bridgehead atoms. The summed E-state index contributed by atoms with van der Waals surface area (Å²) < 4.78 is 51.7. The molecule has 1 aromatic heterocycles. The van der Waals surface area contributed by atoms with Crippen molar-refractivity contribution >= 4 is 22.9 Å². The summed E-state index contributed by atoms with van der Waals surface area (Å²) in [6.07, 6.45) is -2.97. The van der Waals surface area contributed by atoms with Crippen LogP contribution in [0.4, 0.5) is 17.6 Å². The Bertz CT molecular complexity index is 1450. The highest BCUT2D eigenvalue weighted by Gasteiger charge is 2.29. The lowest BCUT2D eigenvalue weighted by Crippen LogP contribution is -2.22. The first-order valence-electron chi connectivity index (χ1n) is 11.8. The SMILES string of the molecule is O=C(O)CCCCc1nc2cc(C(=O)NCc3ccc(C(F)(F)F)cc3)ccc2nc1-c1ccc(F)cc1. The molecule has 0 atom stereocenters. The largest absolute Gasteiger partial charge is 0.481 e. The molecular formula is C28H23F4N3O3. The van der Waals surface area contributed by atoms with Crippen molar-refractivity contribution in [2.45, 2.75) is 38.4 Å². The minimum absolute atomic E-state index is 0.0240. The normalized spacial score (nSPS) is 11.5. The maximum atomic E-state index is 13.5. The van der Waals surface area contributed by atoms with Crippen LogP contribution in [0.1, 0.15) is 46.4 Å². The molecule has 0 spiro atoms. The number of hydrogen-bond donors (Lipinski definition) is 2. The molecule has 0 saturated carbocycles. The second-order valence-corrected chi connectivity index (χ2v) is 8.71. The molecule has 0 unspecified atom stereocenters. The quantitative estimate of drug-likeness (QED) is 0.201. The van der Waals surface area contributed by atoms with Crippen molar-refractivity contribution in [1.29, 1.82) is 0 Å². The fourth-order valence-corrected chi connectivity index (χ4v) is 3.91. The summed E-state index contributed by atoms with van der Waals surface area (Å²) in [6, 6.07) is 15.1. The second-order valence-electron chi connectivity index (χ2n) is 8.71. The second kappa shape index (κ2) is 11.4. The summed E-state index contributed by atoms with van der Waals surface area (Å²) in [5.41, 5.74) is 2.81. The summed E-state index contributed by atoms with van der Waals surface area (Å²) in [5.74, 6) is -1.71. The van der Waals surface area contributed by atoms with E-state index in [1.54, 1.807) is 30.3 Å². The van der Waals surface area contributed by atoms with E-state index in [-0.39, 0.29) is 13.0 Å². The number of benzene rings is 3. The number of nitrogens with zero attached hydrogens (tertiary/aromatic N) is 2. The van der Waals surface area contributed by atoms with Crippen LogP contribution in [0.3, 0.4) is 0 Å². The third-order valence-corrected chi connectivity index (χ3v) is 5.90. The molecule has 196 valence electrons. The number of hydrogen-bond acceptors (Lipinski definition) is 4. The fourth-order valence-electron chi connectivity index (χ4n) is 3.91. The number of aromatic nitrogens is 2. The number of amides is 1. The lowest BCUT2D eigenvalue weighted by atomic mass is 10.0. The van der Waals surface area contributed by atoms with E-state index in [4.69, 9.17) is 10.1 Å². The molecule has 3 aromatic carbocycles. The number of carboxylic acid groups (broad SMARTS) is 1. The first kappa shape index (κ1) is 26.7. The van der Waals surface area contributed by atoms with E-state index in [1.165, 1.54) is 24.3 Å². The molecule has 0 aliphatic rings. The smallest absolute Gasteiger partial charge is 0.416 e. The highest BCUT2D eigenvalue weighted by atomic mass is 19.4. The zero-order valence-corrected chi connectivity index (χ0v) is 20.1. The van der Waals surface area contributed by atoms with Gasteiger partial charge >= 0.3 is 12.1 Å². The van der Waals surface area contributed by atoms with Crippen molar-refractivity contribution in [2.24, 2.45) is 0 Å². The van der Waals surface area contributed by atoms with Gasteiger partial charge in [-0.1, -0.05) is 12.1 Å². The van der Waals surface area contributed by atoms with Crippen molar-refractivity contribution in [1.82, 2.24) is 15.3 Å². The summed E-state index contributed by atoms with van der Waals surface area (Å²) >= 11 is 0. The van der Waals surface area contributed by atoms with Crippen LogP contribution < -0.4 is 5.32 Å². The van der Waals surface area contributed by atoms with E-state index in [1.807, 2.05) is 0 Å². The molecule has 4 aromatic rings. The molecule has 0 saturated heterocycles.